The summed E-state index contributed by atoms with van der Waals surface area (Å²) < 4.78 is 0. The van der Waals surface area contributed by atoms with Crippen LogP contribution in [0.15, 0.2) is 12.7 Å². The van der Waals surface area contributed by atoms with E-state index in [1.54, 1.807) is 0 Å². The van der Waals surface area contributed by atoms with Crippen molar-refractivity contribution < 1.29 is 0 Å². The Kier molecular flexibility index (Phi) is 4.51. The molecule has 0 heterocycles. The zero-order chi connectivity index (χ0) is 9.57. The summed E-state index contributed by atoms with van der Waals surface area (Å²) in [7, 11) is 0. The zero-order valence-corrected chi connectivity index (χ0v) is 8.94. The quantitative estimate of drug-likeness (QED) is 0.448. The lowest BCUT2D eigenvalue weighted by Crippen LogP contribution is -2.22. The second-order valence-corrected chi connectivity index (χ2v) is 4.63. The van der Waals surface area contributed by atoms with Gasteiger partial charge in [-0.3, -0.25) is 0 Å². The van der Waals surface area contributed by atoms with Gasteiger partial charge in [0.15, 0.2) is 0 Å². The predicted molar refractivity (Wildman–Crippen MR) is 58.9 cm³/mol. The number of hydrogen-bond acceptors (Lipinski definition) is 1. The molecule has 1 fully saturated rings. The van der Waals surface area contributed by atoms with Crippen LogP contribution in [0.4, 0.5) is 0 Å². The lowest BCUT2D eigenvalue weighted by atomic mass is 10.1. The van der Waals surface area contributed by atoms with Crippen molar-refractivity contribution in [1.82, 2.24) is 5.32 Å². The van der Waals surface area contributed by atoms with Crippen LogP contribution in [0.2, 0.25) is 0 Å². The van der Waals surface area contributed by atoms with Crippen LogP contribution in [0, 0.1) is 5.41 Å². The zero-order valence-electron chi connectivity index (χ0n) is 8.94. The van der Waals surface area contributed by atoms with E-state index in [2.05, 4.69) is 18.8 Å². The first-order valence-electron chi connectivity index (χ1n) is 5.58. The van der Waals surface area contributed by atoms with Crippen LogP contribution >= 0.6 is 0 Å². The Morgan fingerprint density at radius 3 is 2.69 bits per heavy atom. The third-order valence-electron chi connectivity index (χ3n) is 2.92. The van der Waals surface area contributed by atoms with Gasteiger partial charge in [-0.15, -0.1) is 6.58 Å². The van der Waals surface area contributed by atoms with Gasteiger partial charge >= 0.3 is 0 Å². The van der Waals surface area contributed by atoms with E-state index < -0.39 is 0 Å². The Morgan fingerprint density at radius 1 is 1.31 bits per heavy atom. The van der Waals surface area contributed by atoms with E-state index in [1.165, 1.54) is 51.6 Å². The van der Waals surface area contributed by atoms with Crippen molar-refractivity contribution in [3.63, 3.8) is 0 Å². The van der Waals surface area contributed by atoms with Crippen molar-refractivity contribution in [2.45, 2.75) is 45.4 Å². The lowest BCUT2D eigenvalue weighted by Gasteiger charge is -2.09. The van der Waals surface area contributed by atoms with Crippen molar-refractivity contribution in [3.8, 4) is 0 Å². The van der Waals surface area contributed by atoms with Gasteiger partial charge in [0.1, 0.15) is 0 Å². The second-order valence-electron chi connectivity index (χ2n) is 4.63. The van der Waals surface area contributed by atoms with E-state index >= 15 is 0 Å². The minimum Gasteiger partial charge on any atom is -0.316 e. The van der Waals surface area contributed by atoms with Gasteiger partial charge in [0.25, 0.3) is 0 Å². The molecule has 1 nitrogen and oxygen atoms in total. The normalized spacial score (nSPS) is 18.5. The summed E-state index contributed by atoms with van der Waals surface area (Å²) in [5.41, 5.74) is 0.668. The SMILES string of the molecule is C=CCCCCCNCC1(C)CC1. The molecular formula is C12H23N. The van der Waals surface area contributed by atoms with Crippen LogP contribution < -0.4 is 5.32 Å². The highest BCUT2D eigenvalue weighted by Gasteiger charge is 2.36. The highest BCUT2D eigenvalue weighted by Crippen LogP contribution is 2.43. The predicted octanol–water partition coefficient (Wildman–Crippen LogP) is 3.12. The third kappa shape index (κ3) is 5.09. The van der Waals surface area contributed by atoms with Crippen molar-refractivity contribution in [1.29, 1.82) is 0 Å². The Labute approximate surface area is 82.6 Å². The molecule has 0 amide bonds. The summed E-state index contributed by atoms with van der Waals surface area (Å²) >= 11 is 0. The van der Waals surface area contributed by atoms with Crippen LogP contribution in [0.25, 0.3) is 0 Å². The summed E-state index contributed by atoms with van der Waals surface area (Å²) in [5, 5.41) is 3.54. The fourth-order valence-corrected chi connectivity index (χ4v) is 1.50. The van der Waals surface area contributed by atoms with E-state index in [-0.39, 0.29) is 0 Å². The van der Waals surface area contributed by atoms with Gasteiger partial charge < -0.3 is 5.32 Å². The monoisotopic (exact) mass is 181 g/mol. The maximum atomic E-state index is 3.72. The van der Waals surface area contributed by atoms with Gasteiger partial charge in [-0.05, 0) is 44.1 Å². The second kappa shape index (κ2) is 5.43. The average molecular weight is 181 g/mol. The molecule has 0 bridgehead atoms. The fourth-order valence-electron chi connectivity index (χ4n) is 1.50. The molecule has 1 aliphatic carbocycles. The molecule has 76 valence electrons. The van der Waals surface area contributed by atoms with Crippen LogP contribution in [-0.2, 0) is 0 Å². The molecule has 1 aliphatic rings. The highest BCUT2D eigenvalue weighted by atomic mass is 14.9. The lowest BCUT2D eigenvalue weighted by molar-refractivity contribution is 0.488. The van der Waals surface area contributed by atoms with E-state index in [4.69, 9.17) is 0 Å². The minimum atomic E-state index is 0.668. The smallest absolute Gasteiger partial charge is 0.000517 e. The first-order valence-corrected chi connectivity index (χ1v) is 5.58. The highest BCUT2D eigenvalue weighted by molar-refractivity contribution is 4.90. The number of unbranched alkanes of at least 4 members (excludes halogenated alkanes) is 3. The molecule has 1 rings (SSSR count). The largest absolute Gasteiger partial charge is 0.316 e. The summed E-state index contributed by atoms with van der Waals surface area (Å²) in [6.45, 7) is 8.52. The maximum absolute atomic E-state index is 3.72. The number of hydrogen-bond donors (Lipinski definition) is 1. The van der Waals surface area contributed by atoms with Gasteiger partial charge in [0.05, 0.1) is 0 Å². The molecule has 0 aliphatic heterocycles. The molecule has 1 heteroatoms. The minimum absolute atomic E-state index is 0.668. The Morgan fingerprint density at radius 2 is 2.08 bits per heavy atom. The first-order chi connectivity index (χ1) is 6.27. The first kappa shape index (κ1) is 10.8. The number of nitrogens with one attached hydrogen (secondary N) is 1. The van der Waals surface area contributed by atoms with Crippen molar-refractivity contribution in [3.05, 3.63) is 12.7 Å². The molecule has 0 aromatic heterocycles. The number of rotatable bonds is 8. The van der Waals surface area contributed by atoms with E-state index in [0.29, 0.717) is 5.41 Å². The van der Waals surface area contributed by atoms with Crippen LogP contribution in [0.3, 0.4) is 0 Å². The molecular weight excluding hydrogens is 158 g/mol. The Bertz CT molecular complexity index is 147. The van der Waals surface area contributed by atoms with Crippen molar-refractivity contribution in [2.24, 2.45) is 5.41 Å². The van der Waals surface area contributed by atoms with Gasteiger partial charge in [-0.2, -0.15) is 0 Å². The molecule has 0 aromatic carbocycles. The Hall–Kier alpha value is -0.300. The summed E-state index contributed by atoms with van der Waals surface area (Å²) in [5.74, 6) is 0. The molecule has 0 radical (unpaired) electrons. The van der Waals surface area contributed by atoms with Crippen LogP contribution in [0.1, 0.15) is 45.4 Å². The van der Waals surface area contributed by atoms with Gasteiger partial charge in [-0.25, -0.2) is 0 Å². The van der Waals surface area contributed by atoms with Crippen molar-refractivity contribution in [2.75, 3.05) is 13.1 Å². The van der Waals surface area contributed by atoms with E-state index in [9.17, 15) is 0 Å². The molecule has 1 saturated carbocycles. The molecule has 0 atom stereocenters. The maximum Gasteiger partial charge on any atom is 0.000517 e. The van der Waals surface area contributed by atoms with Gasteiger partial charge in [0, 0.05) is 6.54 Å². The topological polar surface area (TPSA) is 12.0 Å². The molecule has 0 spiro atoms. The van der Waals surface area contributed by atoms with Crippen LogP contribution in [-0.4, -0.2) is 13.1 Å². The average Bonchev–Trinajstić information content (AvgIpc) is 2.83. The molecule has 13 heavy (non-hydrogen) atoms. The van der Waals surface area contributed by atoms with Crippen LogP contribution in [0.5, 0.6) is 0 Å². The fraction of sp³-hybridized carbons (Fsp3) is 0.833. The summed E-state index contributed by atoms with van der Waals surface area (Å²) in [6.07, 6.45) is 10.0. The van der Waals surface area contributed by atoms with Gasteiger partial charge in [0.2, 0.25) is 0 Å². The molecule has 0 unspecified atom stereocenters. The van der Waals surface area contributed by atoms with Crippen molar-refractivity contribution >= 4 is 0 Å². The summed E-state index contributed by atoms with van der Waals surface area (Å²) in [4.78, 5) is 0. The van der Waals surface area contributed by atoms with E-state index in [1.807, 2.05) is 6.08 Å². The summed E-state index contributed by atoms with van der Waals surface area (Å²) in [6, 6.07) is 0. The molecule has 0 saturated heterocycles. The standard InChI is InChI=1S/C12H23N/c1-3-4-5-6-7-10-13-11-12(2)8-9-12/h3,13H,1,4-11H2,2H3. The van der Waals surface area contributed by atoms with Gasteiger partial charge in [-0.1, -0.05) is 19.4 Å². The Balaban J connectivity index is 1.76. The molecule has 0 aromatic rings. The van der Waals surface area contributed by atoms with E-state index in [0.717, 1.165) is 0 Å². The third-order valence-corrected chi connectivity index (χ3v) is 2.92. The number of allylic oxidation sites excluding steroid dienone is 1. The molecule has 1 N–H and O–H groups in total.